The van der Waals surface area contributed by atoms with E-state index in [1.165, 1.54) is 44.9 Å². The highest BCUT2D eigenvalue weighted by atomic mass is 28.4. The summed E-state index contributed by atoms with van der Waals surface area (Å²) in [4.78, 5) is 0. The predicted octanol–water partition coefficient (Wildman–Crippen LogP) is 7.05. The molecule has 1 aliphatic rings. The summed E-state index contributed by atoms with van der Waals surface area (Å²) in [6, 6.07) is 0. The molecule has 0 heterocycles. The van der Waals surface area contributed by atoms with E-state index in [1.54, 1.807) is 0 Å². The van der Waals surface area contributed by atoms with Crippen LogP contribution in [0.25, 0.3) is 0 Å². The maximum atomic E-state index is 6.60. The van der Waals surface area contributed by atoms with Crippen LogP contribution in [0, 0.1) is 23.7 Å². The van der Waals surface area contributed by atoms with Gasteiger partial charge in [-0.2, -0.15) is 0 Å². The van der Waals surface area contributed by atoms with Crippen molar-refractivity contribution in [1.29, 1.82) is 0 Å². The molecule has 1 nitrogen and oxygen atoms in total. The Morgan fingerprint density at radius 2 is 1.83 bits per heavy atom. The van der Waals surface area contributed by atoms with Gasteiger partial charge in [0, 0.05) is 6.10 Å². The summed E-state index contributed by atoms with van der Waals surface area (Å²) < 4.78 is 6.60. The summed E-state index contributed by atoms with van der Waals surface area (Å²) in [5.74, 6) is 3.24. The zero-order valence-corrected chi connectivity index (χ0v) is 17.9. The summed E-state index contributed by atoms with van der Waals surface area (Å²) in [5, 5.41) is 0. The van der Waals surface area contributed by atoms with Crippen LogP contribution in [-0.4, -0.2) is 14.4 Å². The number of rotatable bonds is 10. The first-order valence-electron chi connectivity index (χ1n) is 10.1. The van der Waals surface area contributed by atoms with Crippen molar-refractivity contribution in [3.05, 3.63) is 12.2 Å². The summed E-state index contributed by atoms with van der Waals surface area (Å²) in [7, 11) is -1.45. The Kier molecular flexibility index (Phi) is 9.14. The predicted molar refractivity (Wildman–Crippen MR) is 106 cm³/mol. The SMILES string of the molecule is CCCC/C=C\CC1[C@@H](O[Si](C)(C)C)C[C@@H](C)[C@@H]1CCC(C)C. The molecule has 0 radical (unpaired) electrons. The molecule has 0 aromatic rings. The van der Waals surface area contributed by atoms with Crippen LogP contribution in [0.2, 0.25) is 19.6 Å². The van der Waals surface area contributed by atoms with Crippen molar-refractivity contribution in [2.45, 2.75) is 98.4 Å². The number of hydrogen-bond acceptors (Lipinski definition) is 1. The third kappa shape index (κ3) is 8.02. The van der Waals surface area contributed by atoms with Gasteiger partial charge in [0.05, 0.1) is 0 Å². The van der Waals surface area contributed by atoms with Gasteiger partial charge in [-0.3, -0.25) is 0 Å². The Morgan fingerprint density at radius 3 is 2.39 bits per heavy atom. The molecule has 0 N–H and O–H groups in total. The van der Waals surface area contributed by atoms with E-state index in [0.29, 0.717) is 6.10 Å². The first-order chi connectivity index (χ1) is 10.7. The first-order valence-corrected chi connectivity index (χ1v) is 13.5. The van der Waals surface area contributed by atoms with Gasteiger partial charge in [0.2, 0.25) is 0 Å². The van der Waals surface area contributed by atoms with Crippen molar-refractivity contribution < 1.29 is 4.43 Å². The molecular formula is C21H42OSi. The Morgan fingerprint density at radius 1 is 1.13 bits per heavy atom. The smallest absolute Gasteiger partial charge is 0.184 e. The van der Waals surface area contributed by atoms with Crippen LogP contribution in [0.3, 0.4) is 0 Å². The molecular weight excluding hydrogens is 296 g/mol. The second-order valence-corrected chi connectivity index (χ2v) is 13.6. The van der Waals surface area contributed by atoms with Crippen molar-refractivity contribution >= 4 is 8.32 Å². The minimum absolute atomic E-state index is 0.504. The van der Waals surface area contributed by atoms with Crippen molar-refractivity contribution in [1.82, 2.24) is 0 Å². The van der Waals surface area contributed by atoms with E-state index in [9.17, 15) is 0 Å². The number of allylic oxidation sites excluding steroid dienone is 2. The first kappa shape index (κ1) is 21.0. The second-order valence-electron chi connectivity index (χ2n) is 9.13. The van der Waals surface area contributed by atoms with Gasteiger partial charge in [0.15, 0.2) is 8.32 Å². The monoisotopic (exact) mass is 338 g/mol. The average molecular weight is 339 g/mol. The quantitative estimate of drug-likeness (QED) is 0.235. The Labute approximate surface area is 147 Å². The molecule has 0 spiro atoms. The number of unbranched alkanes of at least 4 members (excludes halogenated alkanes) is 2. The van der Waals surface area contributed by atoms with Crippen LogP contribution < -0.4 is 0 Å². The molecule has 0 aliphatic heterocycles. The van der Waals surface area contributed by atoms with Gasteiger partial charge >= 0.3 is 0 Å². The van der Waals surface area contributed by atoms with Gasteiger partial charge in [0.1, 0.15) is 0 Å². The fourth-order valence-corrected chi connectivity index (χ4v) is 5.23. The molecule has 1 rings (SSSR count). The summed E-state index contributed by atoms with van der Waals surface area (Å²) >= 11 is 0. The van der Waals surface area contributed by atoms with Crippen LogP contribution in [0.5, 0.6) is 0 Å². The van der Waals surface area contributed by atoms with Crippen molar-refractivity contribution in [3.63, 3.8) is 0 Å². The maximum absolute atomic E-state index is 6.60. The number of hydrogen-bond donors (Lipinski definition) is 0. The minimum atomic E-state index is -1.45. The highest BCUT2D eigenvalue weighted by Crippen LogP contribution is 2.44. The molecule has 1 unspecified atom stereocenters. The Hall–Kier alpha value is -0.0831. The highest BCUT2D eigenvalue weighted by Gasteiger charge is 2.42. The van der Waals surface area contributed by atoms with E-state index >= 15 is 0 Å². The zero-order chi connectivity index (χ0) is 17.5. The zero-order valence-electron chi connectivity index (χ0n) is 16.9. The van der Waals surface area contributed by atoms with Gasteiger partial charge in [-0.1, -0.05) is 59.1 Å². The van der Waals surface area contributed by atoms with Crippen LogP contribution in [-0.2, 0) is 4.43 Å². The molecule has 0 aromatic carbocycles. The molecule has 1 saturated carbocycles. The van der Waals surface area contributed by atoms with Gasteiger partial charge in [-0.15, -0.1) is 0 Å². The lowest BCUT2D eigenvalue weighted by Crippen LogP contribution is -2.35. The fraction of sp³-hybridized carbons (Fsp3) is 0.905. The van der Waals surface area contributed by atoms with Crippen molar-refractivity contribution in [2.75, 3.05) is 0 Å². The van der Waals surface area contributed by atoms with Crippen LogP contribution in [0.4, 0.5) is 0 Å². The lowest BCUT2D eigenvalue weighted by atomic mass is 9.82. The summed E-state index contributed by atoms with van der Waals surface area (Å²) in [5.41, 5.74) is 0. The second kappa shape index (κ2) is 10.0. The lowest BCUT2D eigenvalue weighted by molar-refractivity contribution is 0.132. The van der Waals surface area contributed by atoms with E-state index in [2.05, 4.69) is 59.5 Å². The standard InChI is InChI=1S/C21H42OSi/c1-8-9-10-11-12-13-20-19(15-14-17(2)3)18(4)16-21(20)22-23(5,6)7/h11-12,17-21H,8-10,13-16H2,1-7H3/b12-11-/t18-,19+,20?,21+/m1/s1. The average Bonchev–Trinajstić information content (AvgIpc) is 2.69. The largest absolute Gasteiger partial charge is 0.414 e. The maximum Gasteiger partial charge on any atom is 0.184 e. The van der Waals surface area contributed by atoms with Gasteiger partial charge in [0.25, 0.3) is 0 Å². The molecule has 23 heavy (non-hydrogen) atoms. The van der Waals surface area contributed by atoms with Crippen LogP contribution in [0.1, 0.15) is 72.6 Å². The molecule has 0 saturated heterocycles. The molecule has 0 bridgehead atoms. The van der Waals surface area contributed by atoms with Crippen LogP contribution in [0.15, 0.2) is 12.2 Å². The Balaban J connectivity index is 2.70. The lowest BCUT2D eigenvalue weighted by Gasteiger charge is -2.30. The van der Waals surface area contributed by atoms with E-state index in [4.69, 9.17) is 4.43 Å². The highest BCUT2D eigenvalue weighted by molar-refractivity contribution is 6.69. The van der Waals surface area contributed by atoms with E-state index in [0.717, 1.165) is 23.7 Å². The third-order valence-corrected chi connectivity index (χ3v) is 6.25. The Bertz CT molecular complexity index is 342. The van der Waals surface area contributed by atoms with Crippen LogP contribution >= 0.6 is 0 Å². The van der Waals surface area contributed by atoms with E-state index in [-0.39, 0.29) is 0 Å². The summed E-state index contributed by atoms with van der Waals surface area (Å²) in [6.07, 6.45) is 14.5. The molecule has 0 amide bonds. The van der Waals surface area contributed by atoms with Gasteiger partial charge in [-0.05, 0) is 69.0 Å². The normalized spacial score (nSPS) is 29.0. The summed E-state index contributed by atoms with van der Waals surface area (Å²) in [6.45, 7) is 16.5. The molecule has 1 fully saturated rings. The molecule has 4 atom stereocenters. The van der Waals surface area contributed by atoms with E-state index < -0.39 is 8.32 Å². The third-order valence-electron chi connectivity index (χ3n) is 5.24. The fourth-order valence-electron chi connectivity index (χ4n) is 4.05. The van der Waals surface area contributed by atoms with Gasteiger partial charge in [-0.25, -0.2) is 0 Å². The van der Waals surface area contributed by atoms with Crippen molar-refractivity contribution in [3.8, 4) is 0 Å². The molecule has 136 valence electrons. The molecule has 2 heteroatoms. The molecule has 1 aliphatic carbocycles. The van der Waals surface area contributed by atoms with Crippen molar-refractivity contribution in [2.24, 2.45) is 23.7 Å². The van der Waals surface area contributed by atoms with E-state index in [1.807, 2.05) is 0 Å². The topological polar surface area (TPSA) is 9.23 Å². The van der Waals surface area contributed by atoms with Gasteiger partial charge < -0.3 is 4.43 Å². The molecule has 0 aromatic heterocycles. The minimum Gasteiger partial charge on any atom is -0.414 e.